The van der Waals surface area contributed by atoms with Crippen molar-refractivity contribution < 1.29 is 4.79 Å². The molecule has 1 N–H and O–H groups in total. The third kappa shape index (κ3) is 3.81. The molecule has 1 aliphatic carbocycles. The Kier molecular flexibility index (Phi) is 5.19. The molecule has 1 aliphatic rings. The second-order valence-electron chi connectivity index (χ2n) is 8.63. The van der Waals surface area contributed by atoms with Crippen LogP contribution in [0, 0.1) is 5.92 Å². The van der Waals surface area contributed by atoms with Gasteiger partial charge in [0.15, 0.2) is 0 Å². The smallest absolute Gasteiger partial charge is 0.268 e. The first-order chi connectivity index (χ1) is 15.1. The van der Waals surface area contributed by atoms with Crippen molar-refractivity contribution >= 4 is 27.8 Å². The van der Waals surface area contributed by atoms with E-state index in [0.29, 0.717) is 18.2 Å². The van der Waals surface area contributed by atoms with Crippen LogP contribution < -0.4 is 5.32 Å². The summed E-state index contributed by atoms with van der Waals surface area (Å²) in [6.07, 6.45) is 6.88. The summed E-state index contributed by atoms with van der Waals surface area (Å²) in [4.78, 5) is 24.3. The van der Waals surface area contributed by atoms with Gasteiger partial charge < -0.3 is 14.8 Å². The topological polar surface area (TPSA) is 68.0 Å². The van der Waals surface area contributed by atoms with Gasteiger partial charge in [0.1, 0.15) is 5.69 Å². The minimum Gasteiger partial charge on any atom is -0.351 e. The van der Waals surface area contributed by atoms with E-state index in [9.17, 15) is 4.79 Å². The van der Waals surface area contributed by atoms with E-state index in [-0.39, 0.29) is 5.91 Å². The molecule has 0 radical (unpaired) electrons. The van der Waals surface area contributed by atoms with E-state index >= 15 is 0 Å². The predicted molar refractivity (Wildman–Crippen MR) is 123 cm³/mol. The van der Waals surface area contributed by atoms with Crippen LogP contribution in [0.1, 0.15) is 29.8 Å². The number of para-hydroxylation sites is 1. The van der Waals surface area contributed by atoms with E-state index in [4.69, 9.17) is 0 Å². The molecule has 0 aliphatic heterocycles. The first kappa shape index (κ1) is 19.8. The molecule has 0 bridgehead atoms. The molecule has 3 aromatic heterocycles. The molecule has 3 heterocycles. The predicted octanol–water partition coefficient (Wildman–Crippen LogP) is 3.47. The maximum absolute atomic E-state index is 13.2. The Balaban J connectivity index is 1.63. The summed E-state index contributed by atoms with van der Waals surface area (Å²) in [5.41, 5.74) is 3.85. The maximum Gasteiger partial charge on any atom is 0.268 e. The third-order valence-electron chi connectivity index (χ3n) is 5.91. The van der Waals surface area contributed by atoms with Gasteiger partial charge in [-0.3, -0.25) is 9.36 Å². The van der Waals surface area contributed by atoms with Crippen molar-refractivity contribution in [3.8, 4) is 5.95 Å². The summed E-state index contributed by atoms with van der Waals surface area (Å²) < 4.78 is 4.28. The zero-order valence-electron chi connectivity index (χ0n) is 18.1. The van der Waals surface area contributed by atoms with Gasteiger partial charge in [-0.2, -0.15) is 0 Å². The van der Waals surface area contributed by atoms with Gasteiger partial charge in [0.05, 0.1) is 16.6 Å². The minimum absolute atomic E-state index is 0.0931. The lowest BCUT2D eigenvalue weighted by atomic mass is 10.2. The molecule has 0 saturated heterocycles. The van der Waals surface area contributed by atoms with Gasteiger partial charge in [-0.25, -0.2) is 9.97 Å². The molecule has 4 aromatic rings. The number of nitrogens with zero attached hydrogens (tertiary/aromatic N) is 5. The second-order valence-corrected chi connectivity index (χ2v) is 8.63. The fourth-order valence-corrected chi connectivity index (χ4v) is 4.23. The number of amides is 1. The first-order valence-corrected chi connectivity index (χ1v) is 11.0. The first-order valence-electron chi connectivity index (χ1n) is 11.0. The van der Waals surface area contributed by atoms with Crippen LogP contribution in [-0.2, 0) is 6.54 Å². The van der Waals surface area contributed by atoms with Crippen molar-refractivity contribution in [1.82, 2.24) is 29.3 Å². The molecular weight excluding hydrogens is 388 g/mol. The molecule has 1 saturated carbocycles. The highest BCUT2D eigenvalue weighted by atomic mass is 16.1. The van der Waals surface area contributed by atoms with Gasteiger partial charge in [0.2, 0.25) is 5.95 Å². The molecule has 0 atom stereocenters. The van der Waals surface area contributed by atoms with Gasteiger partial charge in [0.25, 0.3) is 5.91 Å². The zero-order chi connectivity index (χ0) is 21.4. The van der Waals surface area contributed by atoms with Gasteiger partial charge >= 0.3 is 0 Å². The standard InChI is InChI=1S/C24H28N6O/c1-28(2)14-6-13-25-23(31)21-15-20-22(30(21)24-26-11-5-12-27-24)18-7-3-4-8-19(18)29(20)16-17-9-10-17/h3-5,7-8,11-12,15,17H,6,9-10,13-14,16H2,1-2H3,(H,25,31). The average Bonchev–Trinajstić information content (AvgIpc) is 3.44. The lowest BCUT2D eigenvalue weighted by molar-refractivity contribution is 0.0945. The molecule has 31 heavy (non-hydrogen) atoms. The van der Waals surface area contributed by atoms with E-state index in [1.807, 2.05) is 30.8 Å². The van der Waals surface area contributed by atoms with E-state index < -0.39 is 0 Å². The van der Waals surface area contributed by atoms with Gasteiger partial charge in [0, 0.05) is 30.9 Å². The van der Waals surface area contributed by atoms with Crippen LogP contribution in [0.15, 0.2) is 48.8 Å². The Morgan fingerprint density at radius 1 is 1.13 bits per heavy atom. The molecule has 5 rings (SSSR count). The van der Waals surface area contributed by atoms with Gasteiger partial charge in [-0.05, 0) is 64.0 Å². The molecule has 7 nitrogen and oxygen atoms in total. The second kappa shape index (κ2) is 8.15. The Morgan fingerprint density at radius 2 is 1.90 bits per heavy atom. The maximum atomic E-state index is 13.2. The number of fused-ring (bicyclic) bond motifs is 3. The highest BCUT2D eigenvalue weighted by molar-refractivity contribution is 6.10. The highest BCUT2D eigenvalue weighted by Gasteiger charge is 2.27. The summed E-state index contributed by atoms with van der Waals surface area (Å²) in [5.74, 6) is 1.15. The van der Waals surface area contributed by atoms with Crippen molar-refractivity contribution in [3.63, 3.8) is 0 Å². The van der Waals surface area contributed by atoms with Crippen molar-refractivity contribution in [2.45, 2.75) is 25.8 Å². The van der Waals surface area contributed by atoms with Crippen LogP contribution in [-0.4, -0.2) is 57.1 Å². The monoisotopic (exact) mass is 416 g/mol. The highest BCUT2D eigenvalue weighted by Crippen LogP contribution is 2.37. The van der Waals surface area contributed by atoms with Crippen LogP contribution in [0.5, 0.6) is 0 Å². The fourth-order valence-electron chi connectivity index (χ4n) is 4.23. The molecule has 1 amide bonds. The zero-order valence-corrected chi connectivity index (χ0v) is 18.1. The lowest BCUT2D eigenvalue weighted by Gasteiger charge is -2.11. The van der Waals surface area contributed by atoms with E-state index in [1.54, 1.807) is 18.5 Å². The van der Waals surface area contributed by atoms with Crippen LogP contribution in [0.25, 0.3) is 27.9 Å². The number of rotatable bonds is 8. The largest absolute Gasteiger partial charge is 0.351 e. The van der Waals surface area contributed by atoms with Crippen molar-refractivity contribution in [3.05, 3.63) is 54.5 Å². The van der Waals surface area contributed by atoms with Crippen LogP contribution >= 0.6 is 0 Å². The molecule has 0 unspecified atom stereocenters. The fraction of sp³-hybridized carbons (Fsp3) is 0.375. The molecule has 1 aromatic carbocycles. The Morgan fingerprint density at radius 3 is 2.65 bits per heavy atom. The normalized spacial score (nSPS) is 14.0. The van der Waals surface area contributed by atoms with Crippen molar-refractivity contribution in [2.75, 3.05) is 27.2 Å². The number of carbonyl (C=O) groups is 1. The third-order valence-corrected chi connectivity index (χ3v) is 5.91. The number of hydrogen-bond acceptors (Lipinski definition) is 4. The summed E-state index contributed by atoms with van der Waals surface area (Å²) >= 11 is 0. The molecule has 1 fully saturated rings. The number of aromatic nitrogens is 4. The van der Waals surface area contributed by atoms with Gasteiger partial charge in [-0.1, -0.05) is 18.2 Å². The SMILES string of the molecule is CN(C)CCCNC(=O)c1cc2c(c3ccccc3n2CC2CC2)n1-c1ncccn1. The number of carbonyl (C=O) groups excluding carboxylic acids is 1. The lowest BCUT2D eigenvalue weighted by Crippen LogP contribution is -2.28. The van der Waals surface area contributed by atoms with E-state index in [1.165, 1.54) is 18.4 Å². The quantitative estimate of drug-likeness (QED) is 0.447. The number of nitrogens with one attached hydrogen (secondary N) is 1. The number of hydrogen-bond donors (Lipinski definition) is 1. The summed E-state index contributed by atoms with van der Waals surface area (Å²) in [6.45, 7) is 2.54. The van der Waals surface area contributed by atoms with E-state index in [2.05, 4.69) is 43.0 Å². The Hall–Kier alpha value is -3.19. The molecule has 160 valence electrons. The van der Waals surface area contributed by atoms with Crippen LogP contribution in [0.4, 0.5) is 0 Å². The summed E-state index contributed by atoms with van der Waals surface area (Å²) in [7, 11) is 4.08. The molecule has 0 spiro atoms. The van der Waals surface area contributed by atoms with Crippen molar-refractivity contribution in [2.24, 2.45) is 5.92 Å². The van der Waals surface area contributed by atoms with Gasteiger partial charge in [-0.15, -0.1) is 0 Å². The summed E-state index contributed by atoms with van der Waals surface area (Å²) in [5, 5.41) is 4.21. The number of benzene rings is 1. The Bertz CT molecular complexity index is 1220. The Labute approximate surface area is 181 Å². The van der Waals surface area contributed by atoms with Crippen LogP contribution in [0.2, 0.25) is 0 Å². The average molecular weight is 417 g/mol. The van der Waals surface area contributed by atoms with Crippen molar-refractivity contribution in [1.29, 1.82) is 0 Å². The minimum atomic E-state index is -0.0931. The van der Waals surface area contributed by atoms with E-state index in [0.717, 1.165) is 41.8 Å². The molecular formula is C24H28N6O. The summed E-state index contributed by atoms with van der Waals surface area (Å²) in [6, 6.07) is 12.2. The van der Waals surface area contributed by atoms with Crippen LogP contribution in [0.3, 0.4) is 0 Å². The molecule has 7 heteroatoms.